The maximum absolute atomic E-state index is 11.3. The lowest BCUT2D eigenvalue weighted by Crippen LogP contribution is -2.19. The number of benzene rings is 1. The first-order valence-corrected chi connectivity index (χ1v) is 6.60. The van der Waals surface area contributed by atoms with Gasteiger partial charge in [0.05, 0.1) is 15.7 Å². The normalized spacial score (nSPS) is 13.4. The summed E-state index contributed by atoms with van der Waals surface area (Å²) in [7, 11) is 0. The van der Waals surface area contributed by atoms with Crippen molar-refractivity contribution in [2.45, 2.75) is 0 Å². The Morgan fingerprint density at radius 3 is 2.85 bits per heavy atom. The van der Waals surface area contributed by atoms with Gasteiger partial charge in [0.15, 0.2) is 5.69 Å². The zero-order chi connectivity index (χ0) is 14.3. The van der Waals surface area contributed by atoms with Crippen LogP contribution in [0.2, 0.25) is 10.0 Å². The number of nitrogens with one attached hydrogen (secondary N) is 1. The van der Waals surface area contributed by atoms with Crippen LogP contribution in [0.15, 0.2) is 30.6 Å². The summed E-state index contributed by atoms with van der Waals surface area (Å²) >= 11 is 12.0. The number of rotatable bonds is 2. The van der Waals surface area contributed by atoms with E-state index in [0.717, 1.165) is 11.3 Å². The summed E-state index contributed by atoms with van der Waals surface area (Å²) in [6.07, 6.45) is 3.52. The lowest BCUT2D eigenvalue weighted by Gasteiger charge is -2.19. The van der Waals surface area contributed by atoms with E-state index in [0.29, 0.717) is 22.4 Å². The molecule has 7 heteroatoms. The number of nitrogens with zero attached hydrogens (tertiary/aromatic N) is 2. The van der Waals surface area contributed by atoms with Crippen molar-refractivity contribution in [2.24, 2.45) is 5.73 Å². The van der Waals surface area contributed by atoms with Gasteiger partial charge in [-0.2, -0.15) is 0 Å². The van der Waals surface area contributed by atoms with Gasteiger partial charge in [-0.15, -0.1) is 0 Å². The zero-order valence-corrected chi connectivity index (χ0v) is 11.7. The number of amides is 1. The molecule has 0 fully saturated rings. The first-order chi connectivity index (χ1) is 9.58. The molecule has 0 unspecified atom stereocenters. The van der Waals surface area contributed by atoms with Gasteiger partial charge in [-0.05, 0) is 23.8 Å². The highest BCUT2D eigenvalue weighted by atomic mass is 35.5. The molecule has 0 radical (unpaired) electrons. The molecule has 1 aromatic carbocycles. The fraction of sp³-hybridized carbons (Fsp3) is 0.0769. The van der Waals surface area contributed by atoms with Crippen LogP contribution in [0.1, 0.15) is 16.1 Å². The minimum atomic E-state index is -0.568. The highest BCUT2D eigenvalue weighted by Crippen LogP contribution is 2.31. The Morgan fingerprint density at radius 1 is 1.35 bits per heavy atom. The zero-order valence-electron chi connectivity index (χ0n) is 10.2. The second-order valence-electron chi connectivity index (χ2n) is 4.28. The number of aromatic nitrogens is 2. The Kier molecular flexibility index (Phi) is 3.16. The Labute approximate surface area is 125 Å². The molecule has 102 valence electrons. The van der Waals surface area contributed by atoms with Gasteiger partial charge in [0.1, 0.15) is 12.1 Å². The minimum absolute atomic E-state index is 0.218. The molecule has 1 amide bonds. The van der Waals surface area contributed by atoms with Crippen molar-refractivity contribution in [3.05, 3.63) is 51.9 Å². The molecule has 0 bridgehead atoms. The van der Waals surface area contributed by atoms with Crippen LogP contribution in [0.3, 0.4) is 0 Å². The third kappa shape index (κ3) is 2.05. The second-order valence-corrected chi connectivity index (χ2v) is 5.09. The van der Waals surface area contributed by atoms with Gasteiger partial charge >= 0.3 is 0 Å². The molecule has 0 spiro atoms. The van der Waals surface area contributed by atoms with Gasteiger partial charge in [0.25, 0.3) is 5.91 Å². The molecule has 1 aromatic heterocycles. The van der Waals surface area contributed by atoms with E-state index >= 15 is 0 Å². The summed E-state index contributed by atoms with van der Waals surface area (Å²) in [5.41, 5.74) is 7.27. The highest BCUT2D eigenvalue weighted by molar-refractivity contribution is 6.42. The summed E-state index contributed by atoms with van der Waals surface area (Å²) in [5.74, 6) is 0.0164. The number of anilines is 1. The van der Waals surface area contributed by atoms with Crippen molar-refractivity contribution >= 4 is 40.6 Å². The second kappa shape index (κ2) is 4.85. The van der Waals surface area contributed by atoms with Crippen LogP contribution in [0.25, 0.3) is 5.70 Å². The predicted molar refractivity (Wildman–Crippen MR) is 79.1 cm³/mol. The molecular weight excluding hydrogens is 299 g/mol. The molecular formula is C13H10Cl2N4O. The van der Waals surface area contributed by atoms with Crippen LogP contribution in [-0.2, 0) is 0 Å². The van der Waals surface area contributed by atoms with E-state index in [1.807, 2.05) is 12.1 Å². The summed E-state index contributed by atoms with van der Waals surface area (Å²) in [6, 6.07) is 5.36. The monoisotopic (exact) mass is 308 g/mol. The molecule has 1 aliphatic rings. The predicted octanol–water partition coefficient (Wildman–Crippen LogP) is 2.60. The van der Waals surface area contributed by atoms with Gasteiger partial charge in [-0.1, -0.05) is 29.3 Å². The van der Waals surface area contributed by atoms with Crippen molar-refractivity contribution in [1.29, 1.82) is 0 Å². The fourth-order valence-corrected chi connectivity index (χ4v) is 2.43. The Morgan fingerprint density at radius 2 is 2.15 bits per heavy atom. The van der Waals surface area contributed by atoms with E-state index in [-0.39, 0.29) is 5.69 Å². The number of imidazole rings is 1. The van der Waals surface area contributed by atoms with Crippen LogP contribution in [0, 0.1) is 0 Å². The molecule has 0 saturated carbocycles. The van der Waals surface area contributed by atoms with Gasteiger partial charge in [-0.25, -0.2) is 4.98 Å². The van der Waals surface area contributed by atoms with Crippen LogP contribution in [-0.4, -0.2) is 22.0 Å². The SMILES string of the molecule is NC(=O)c1ncn2c1NCC=C2c1ccc(Cl)c(Cl)c1. The first kappa shape index (κ1) is 13.0. The van der Waals surface area contributed by atoms with E-state index in [4.69, 9.17) is 28.9 Å². The number of hydrogen-bond acceptors (Lipinski definition) is 3. The topological polar surface area (TPSA) is 72.9 Å². The Balaban J connectivity index is 2.11. The number of hydrogen-bond donors (Lipinski definition) is 2. The third-order valence-corrected chi connectivity index (χ3v) is 3.78. The Hall–Kier alpha value is -1.98. The molecule has 3 N–H and O–H groups in total. The fourth-order valence-electron chi connectivity index (χ4n) is 2.14. The average Bonchev–Trinajstić information content (AvgIpc) is 2.86. The van der Waals surface area contributed by atoms with Gasteiger partial charge in [0.2, 0.25) is 0 Å². The quantitative estimate of drug-likeness (QED) is 0.895. The van der Waals surface area contributed by atoms with E-state index in [9.17, 15) is 4.79 Å². The minimum Gasteiger partial charge on any atom is -0.366 e. The summed E-state index contributed by atoms with van der Waals surface area (Å²) in [5, 5.41) is 4.05. The summed E-state index contributed by atoms with van der Waals surface area (Å²) in [6.45, 7) is 0.571. The van der Waals surface area contributed by atoms with E-state index in [2.05, 4.69) is 10.3 Å². The average molecular weight is 309 g/mol. The van der Waals surface area contributed by atoms with Gasteiger partial charge < -0.3 is 11.1 Å². The maximum Gasteiger partial charge on any atom is 0.271 e. The number of primary amides is 1. The number of halogens is 2. The largest absolute Gasteiger partial charge is 0.366 e. The molecule has 3 rings (SSSR count). The van der Waals surface area contributed by atoms with Gasteiger partial charge in [-0.3, -0.25) is 9.36 Å². The van der Waals surface area contributed by atoms with Crippen LogP contribution >= 0.6 is 23.2 Å². The highest BCUT2D eigenvalue weighted by Gasteiger charge is 2.21. The van der Waals surface area contributed by atoms with Crippen molar-refractivity contribution in [3.8, 4) is 0 Å². The van der Waals surface area contributed by atoms with Crippen molar-refractivity contribution in [1.82, 2.24) is 9.55 Å². The summed E-state index contributed by atoms with van der Waals surface area (Å²) in [4.78, 5) is 15.4. The lowest BCUT2D eigenvalue weighted by atomic mass is 10.1. The number of fused-ring (bicyclic) bond motifs is 1. The number of carbonyl (C=O) groups excluding carboxylic acids is 1. The molecule has 2 heterocycles. The van der Waals surface area contributed by atoms with Crippen LogP contribution in [0.4, 0.5) is 5.82 Å². The molecule has 0 saturated heterocycles. The molecule has 1 aliphatic heterocycles. The maximum atomic E-state index is 11.3. The molecule has 2 aromatic rings. The van der Waals surface area contributed by atoms with Crippen molar-refractivity contribution in [3.63, 3.8) is 0 Å². The summed E-state index contributed by atoms with van der Waals surface area (Å²) < 4.78 is 1.77. The smallest absolute Gasteiger partial charge is 0.271 e. The van der Waals surface area contributed by atoms with Crippen molar-refractivity contribution < 1.29 is 4.79 Å². The van der Waals surface area contributed by atoms with Crippen LogP contribution < -0.4 is 11.1 Å². The molecule has 5 nitrogen and oxygen atoms in total. The van der Waals surface area contributed by atoms with E-state index < -0.39 is 5.91 Å². The standard InChI is InChI=1S/C13H10Cl2N4O/c14-8-2-1-7(5-9(8)15)10-3-4-17-13-11(12(16)20)18-6-19(10)13/h1-3,5-6,17H,4H2,(H2,16,20). The molecule has 0 aliphatic carbocycles. The number of carbonyl (C=O) groups is 1. The van der Waals surface area contributed by atoms with E-state index in [1.165, 1.54) is 0 Å². The molecule has 0 atom stereocenters. The number of nitrogens with two attached hydrogens (primary N) is 1. The lowest BCUT2D eigenvalue weighted by molar-refractivity contribution is 0.0997. The van der Waals surface area contributed by atoms with Gasteiger partial charge in [0, 0.05) is 6.54 Å². The van der Waals surface area contributed by atoms with Crippen LogP contribution in [0.5, 0.6) is 0 Å². The third-order valence-electron chi connectivity index (χ3n) is 3.04. The van der Waals surface area contributed by atoms with E-state index in [1.54, 1.807) is 23.0 Å². The van der Waals surface area contributed by atoms with Crippen molar-refractivity contribution in [2.75, 3.05) is 11.9 Å². The Bertz CT molecular complexity index is 736. The molecule has 20 heavy (non-hydrogen) atoms. The first-order valence-electron chi connectivity index (χ1n) is 5.85.